The molecule has 126 valence electrons. The Morgan fingerprint density at radius 2 is 2.00 bits per heavy atom. The lowest BCUT2D eigenvalue weighted by Crippen LogP contribution is -2.18. The monoisotopic (exact) mass is 345 g/mol. The summed E-state index contributed by atoms with van der Waals surface area (Å²) < 4.78 is 5.20. The summed E-state index contributed by atoms with van der Waals surface area (Å²) >= 11 is 5.94. The third kappa shape index (κ3) is 3.11. The number of esters is 1. The van der Waals surface area contributed by atoms with E-state index in [-0.39, 0.29) is 17.7 Å². The number of halogens is 1. The lowest BCUT2D eigenvalue weighted by molar-refractivity contribution is 0.0498. The molecular weight excluding hydrogens is 326 g/mol. The lowest BCUT2D eigenvalue weighted by Gasteiger charge is -2.22. The minimum absolute atomic E-state index is 0.0690. The zero-order valence-electron chi connectivity index (χ0n) is 13.8. The van der Waals surface area contributed by atoms with E-state index in [0.717, 1.165) is 17.7 Å². The topological polar surface area (TPSA) is 59.2 Å². The van der Waals surface area contributed by atoms with Crippen molar-refractivity contribution in [2.24, 2.45) is 0 Å². The van der Waals surface area contributed by atoms with Gasteiger partial charge >= 0.3 is 5.97 Å². The van der Waals surface area contributed by atoms with Gasteiger partial charge in [-0.1, -0.05) is 30.7 Å². The fraction of sp³-hybridized carbons (Fsp3) is 0.368. The van der Waals surface area contributed by atoms with E-state index in [9.17, 15) is 9.59 Å². The number of H-pyrrole nitrogens is 1. The molecule has 4 nitrogen and oxygen atoms in total. The SMILES string of the molecule is CCCOC(=O)c1[nH]c2c(c1C)C(=O)C[C@@H](c1ccc(Cl)cc1)C2. The van der Waals surface area contributed by atoms with Crippen LogP contribution in [0.2, 0.25) is 5.02 Å². The van der Waals surface area contributed by atoms with Crippen LogP contribution in [0, 0.1) is 6.92 Å². The second-order valence-corrected chi connectivity index (χ2v) is 6.63. The number of carbonyl (C=O) groups excluding carboxylic acids is 2. The van der Waals surface area contributed by atoms with Crippen molar-refractivity contribution in [3.05, 3.63) is 57.4 Å². The van der Waals surface area contributed by atoms with Gasteiger partial charge in [0.2, 0.25) is 0 Å². The van der Waals surface area contributed by atoms with Crippen molar-refractivity contribution in [1.82, 2.24) is 4.98 Å². The van der Waals surface area contributed by atoms with Crippen LogP contribution in [0.15, 0.2) is 24.3 Å². The van der Waals surface area contributed by atoms with Crippen LogP contribution < -0.4 is 0 Å². The Bertz CT molecular complexity index is 777. The highest BCUT2D eigenvalue weighted by Crippen LogP contribution is 2.35. The molecule has 0 bridgehead atoms. The van der Waals surface area contributed by atoms with Gasteiger partial charge in [-0.2, -0.15) is 0 Å². The Labute approximate surface area is 146 Å². The zero-order valence-corrected chi connectivity index (χ0v) is 14.6. The van der Waals surface area contributed by atoms with Crippen molar-refractivity contribution >= 4 is 23.4 Å². The highest BCUT2D eigenvalue weighted by Gasteiger charge is 2.32. The molecular formula is C19H20ClNO3. The summed E-state index contributed by atoms with van der Waals surface area (Å²) in [6.07, 6.45) is 1.91. The van der Waals surface area contributed by atoms with Gasteiger partial charge < -0.3 is 9.72 Å². The van der Waals surface area contributed by atoms with E-state index in [1.54, 1.807) is 6.92 Å². The number of hydrogen-bond acceptors (Lipinski definition) is 3. The molecule has 1 heterocycles. The fourth-order valence-electron chi connectivity index (χ4n) is 3.28. The number of benzene rings is 1. The number of carbonyl (C=O) groups is 2. The third-order valence-corrected chi connectivity index (χ3v) is 4.72. The lowest BCUT2D eigenvalue weighted by atomic mass is 9.81. The van der Waals surface area contributed by atoms with Crippen molar-refractivity contribution < 1.29 is 14.3 Å². The van der Waals surface area contributed by atoms with Gasteiger partial charge in [-0.05, 0) is 48.9 Å². The molecule has 0 unspecified atom stereocenters. The van der Waals surface area contributed by atoms with Crippen molar-refractivity contribution in [2.75, 3.05) is 6.61 Å². The van der Waals surface area contributed by atoms with Gasteiger partial charge in [0.1, 0.15) is 5.69 Å². The Morgan fingerprint density at radius 1 is 1.29 bits per heavy atom. The summed E-state index contributed by atoms with van der Waals surface area (Å²) in [6, 6.07) is 7.59. The summed E-state index contributed by atoms with van der Waals surface area (Å²) in [7, 11) is 0. The molecule has 5 heteroatoms. The maximum Gasteiger partial charge on any atom is 0.355 e. The molecule has 1 aliphatic rings. The van der Waals surface area contributed by atoms with E-state index in [0.29, 0.717) is 41.3 Å². The predicted molar refractivity (Wildman–Crippen MR) is 92.9 cm³/mol. The molecule has 1 atom stereocenters. The highest BCUT2D eigenvalue weighted by atomic mass is 35.5. The Kier molecular flexibility index (Phi) is 4.76. The molecule has 0 saturated heterocycles. The van der Waals surface area contributed by atoms with Crippen LogP contribution in [0.5, 0.6) is 0 Å². The molecule has 2 aromatic rings. The molecule has 1 N–H and O–H groups in total. The minimum Gasteiger partial charge on any atom is -0.461 e. The number of hydrogen-bond donors (Lipinski definition) is 1. The number of fused-ring (bicyclic) bond motifs is 1. The Balaban J connectivity index is 1.89. The van der Waals surface area contributed by atoms with Crippen LogP contribution in [0.3, 0.4) is 0 Å². The fourth-order valence-corrected chi connectivity index (χ4v) is 3.40. The van der Waals surface area contributed by atoms with Gasteiger partial charge in [-0.25, -0.2) is 4.79 Å². The molecule has 0 saturated carbocycles. The van der Waals surface area contributed by atoms with Gasteiger partial charge in [0, 0.05) is 22.7 Å². The second kappa shape index (κ2) is 6.81. The average molecular weight is 346 g/mol. The van der Waals surface area contributed by atoms with E-state index in [1.165, 1.54) is 0 Å². The molecule has 1 aromatic heterocycles. The number of rotatable bonds is 4. The van der Waals surface area contributed by atoms with Crippen LogP contribution in [-0.2, 0) is 11.2 Å². The van der Waals surface area contributed by atoms with Crippen LogP contribution >= 0.6 is 11.6 Å². The van der Waals surface area contributed by atoms with Crippen LogP contribution in [0.1, 0.15) is 63.4 Å². The third-order valence-electron chi connectivity index (χ3n) is 4.47. The summed E-state index contributed by atoms with van der Waals surface area (Å²) in [6.45, 7) is 4.13. The molecule has 1 aliphatic carbocycles. The maximum absolute atomic E-state index is 12.6. The molecule has 0 amide bonds. The summed E-state index contributed by atoms with van der Waals surface area (Å²) in [5.41, 5.74) is 3.67. The van der Waals surface area contributed by atoms with E-state index in [1.807, 2.05) is 31.2 Å². The standard InChI is InChI=1S/C19H20ClNO3/c1-3-8-24-19(23)18-11(2)17-15(21-18)9-13(10-16(17)22)12-4-6-14(20)7-5-12/h4-7,13,21H,3,8-10H2,1-2H3/t13-/m0/s1. The van der Waals surface area contributed by atoms with Gasteiger partial charge in [-0.15, -0.1) is 0 Å². The van der Waals surface area contributed by atoms with Gasteiger partial charge in [0.05, 0.1) is 6.61 Å². The smallest absolute Gasteiger partial charge is 0.355 e. The van der Waals surface area contributed by atoms with Gasteiger partial charge in [-0.3, -0.25) is 4.79 Å². The molecule has 1 aromatic carbocycles. The normalized spacial score (nSPS) is 16.8. The second-order valence-electron chi connectivity index (χ2n) is 6.19. The van der Waals surface area contributed by atoms with Crippen LogP contribution in [0.25, 0.3) is 0 Å². The molecule has 0 fully saturated rings. The average Bonchev–Trinajstić information content (AvgIpc) is 2.90. The Hall–Kier alpha value is -2.07. The first-order valence-corrected chi connectivity index (χ1v) is 8.56. The number of aromatic nitrogens is 1. The Morgan fingerprint density at radius 3 is 2.67 bits per heavy atom. The number of ether oxygens (including phenoxy) is 1. The van der Waals surface area contributed by atoms with E-state index in [4.69, 9.17) is 16.3 Å². The van der Waals surface area contributed by atoms with Crippen molar-refractivity contribution in [2.45, 2.75) is 39.0 Å². The first kappa shape index (κ1) is 16.8. The summed E-state index contributed by atoms with van der Waals surface area (Å²) in [5.74, 6) is -0.223. The predicted octanol–water partition coefficient (Wildman–Crippen LogP) is 4.46. The molecule has 24 heavy (non-hydrogen) atoms. The molecule has 3 rings (SSSR count). The number of nitrogens with one attached hydrogen (secondary N) is 1. The molecule has 0 radical (unpaired) electrons. The number of ketones is 1. The summed E-state index contributed by atoms with van der Waals surface area (Å²) in [5, 5.41) is 0.679. The van der Waals surface area contributed by atoms with Crippen LogP contribution in [0.4, 0.5) is 0 Å². The quantitative estimate of drug-likeness (QED) is 0.832. The van der Waals surface area contributed by atoms with Crippen LogP contribution in [-0.4, -0.2) is 23.3 Å². The largest absolute Gasteiger partial charge is 0.461 e. The highest BCUT2D eigenvalue weighted by molar-refractivity contribution is 6.30. The summed E-state index contributed by atoms with van der Waals surface area (Å²) in [4.78, 5) is 27.9. The number of Topliss-reactive ketones (excluding diaryl/α,β-unsaturated/α-hetero) is 1. The minimum atomic E-state index is -0.389. The molecule has 0 spiro atoms. The van der Waals surface area contributed by atoms with Crippen molar-refractivity contribution in [3.63, 3.8) is 0 Å². The van der Waals surface area contributed by atoms with Gasteiger partial charge in [0.25, 0.3) is 0 Å². The van der Waals surface area contributed by atoms with Gasteiger partial charge in [0.15, 0.2) is 5.78 Å². The maximum atomic E-state index is 12.6. The number of aromatic amines is 1. The van der Waals surface area contributed by atoms with Crippen molar-refractivity contribution in [1.29, 1.82) is 0 Å². The first-order valence-electron chi connectivity index (χ1n) is 8.18. The molecule has 0 aliphatic heterocycles. The van der Waals surface area contributed by atoms with E-state index >= 15 is 0 Å². The first-order chi connectivity index (χ1) is 11.5. The van der Waals surface area contributed by atoms with Crippen molar-refractivity contribution in [3.8, 4) is 0 Å². The zero-order chi connectivity index (χ0) is 17.3. The van der Waals surface area contributed by atoms with E-state index in [2.05, 4.69) is 4.98 Å². The van der Waals surface area contributed by atoms with E-state index < -0.39 is 0 Å².